The van der Waals surface area contributed by atoms with Gasteiger partial charge in [-0.3, -0.25) is 0 Å². The van der Waals surface area contributed by atoms with Gasteiger partial charge in [-0.25, -0.2) is 24.9 Å². The Balaban J connectivity index is 0.000000134. The monoisotopic (exact) mass is 1790 g/mol. The van der Waals surface area contributed by atoms with Crippen LogP contribution in [0.2, 0.25) is 0 Å². The second-order valence-corrected chi connectivity index (χ2v) is 36.1. The molecule has 0 atom stereocenters. The molecule has 30 aromatic rings. The highest BCUT2D eigenvalue weighted by Gasteiger charge is 2.26. The van der Waals surface area contributed by atoms with Crippen molar-refractivity contribution in [1.29, 1.82) is 0 Å². The van der Waals surface area contributed by atoms with Crippen LogP contribution in [0.1, 0.15) is 0 Å². The van der Waals surface area contributed by atoms with Crippen LogP contribution in [-0.2, 0) is 0 Å². The van der Waals surface area contributed by atoms with Gasteiger partial charge in [-0.05, 0) is 186 Å². The van der Waals surface area contributed by atoms with E-state index in [-0.39, 0.29) is 0 Å². The van der Waals surface area contributed by atoms with E-state index < -0.39 is 0 Å². The molecule has 0 aliphatic carbocycles. The van der Waals surface area contributed by atoms with Gasteiger partial charge >= 0.3 is 0 Å². The molecule has 13 heteroatoms. The lowest BCUT2D eigenvalue weighted by Crippen LogP contribution is -2.00. The smallest absolute Gasteiger partial charge is 0.164 e. The van der Waals surface area contributed by atoms with E-state index in [1.54, 1.807) is 0 Å². The first-order chi connectivity index (χ1) is 69.3. The van der Waals surface area contributed by atoms with Gasteiger partial charge in [0.2, 0.25) is 0 Å². The molecule has 0 saturated heterocycles. The molecule has 20 aromatic carbocycles. The highest BCUT2D eigenvalue weighted by atomic mass is 16.3. The van der Waals surface area contributed by atoms with Crippen molar-refractivity contribution >= 4 is 175 Å². The zero-order valence-corrected chi connectivity index (χ0v) is 75.0. The Hall–Kier alpha value is -19.1. The molecule has 140 heavy (non-hydrogen) atoms. The van der Waals surface area contributed by atoms with E-state index >= 15 is 0 Å². The molecular weight excluding hydrogens is 1720 g/mol. The maximum Gasteiger partial charge on any atom is 0.164 e. The Labute approximate surface area is 798 Å². The van der Waals surface area contributed by atoms with Crippen LogP contribution >= 0.6 is 0 Å². The average Bonchev–Trinajstić information content (AvgIpc) is 1.58. The molecule has 0 aliphatic heterocycles. The number of benzene rings is 20. The molecule has 0 unspecified atom stereocenters. The minimum Gasteiger partial charge on any atom is -0.456 e. The Morgan fingerprint density at radius 2 is 0.393 bits per heavy atom. The summed E-state index contributed by atoms with van der Waals surface area (Å²) in [5, 5.41) is 18.1. The summed E-state index contributed by atoms with van der Waals surface area (Å²) in [5.41, 5.74) is 32.0. The molecule has 0 aliphatic rings. The summed E-state index contributed by atoms with van der Waals surface area (Å²) >= 11 is 0. The third-order valence-corrected chi connectivity index (χ3v) is 28.1. The van der Waals surface area contributed by atoms with Crippen molar-refractivity contribution in [2.24, 2.45) is 0 Å². The lowest BCUT2D eigenvalue weighted by Gasteiger charge is -2.12. The number of hydrogen-bond donors (Lipinski definition) is 0. The SMILES string of the molecule is c1ccc(-c2cc(-c3ccccc3)nc(-c3cccc(-n4c5ccc(-c6ccc7oc8cc9c(cc8c7c6)c6ccccc6n9-c6ccccc6)cc5c5cc6c(cc54)oc4ccccc46)c3)n2)cc1.c1ccc(-c2nc(-c3ccccc3)nc(-c3ccc(-n4c5ccc(-c6ccc7oc8cc9c(cc8c7c6)c6ccccc6n9-c6ccccc6)cc5c5cc6c(cc54)oc4ccccc46)cc3)n2)cc1. The molecule has 0 fully saturated rings. The normalized spacial score (nSPS) is 12.0. The number of aromatic nitrogens is 9. The van der Waals surface area contributed by atoms with E-state index in [9.17, 15) is 0 Å². The summed E-state index contributed by atoms with van der Waals surface area (Å²) in [4.78, 5) is 25.3. The number of para-hydroxylation sites is 6. The molecular formula is C127H75N9O4. The van der Waals surface area contributed by atoms with Gasteiger partial charge in [-0.15, -0.1) is 0 Å². The first-order valence-corrected chi connectivity index (χ1v) is 47.1. The van der Waals surface area contributed by atoms with E-state index in [0.717, 1.165) is 232 Å². The summed E-state index contributed by atoms with van der Waals surface area (Å²) in [6.07, 6.45) is 0. The van der Waals surface area contributed by atoms with E-state index in [1.807, 2.05) is 121 Å². The molecule has 0 bridgehead atoms. The van der Waals surface area contributed by atoms with E-state index in [0.29, 0.717) is 23.3 Å². The van der Waals surface area contributed by atoms with E-state index in [4.69, 9.17) is 42.6 Å². The summed E-state index contributed by atoms with van der Waals surface area (Å²) in [7, 11) is 0. The summed E-state index contributed by atoms with van der Waals surface area (Å²) < 4.78 is 35.7. The fraction of sp³-hybridized carbons (Fsp3) is 0. The van der Waals surface area contributed by atoms with Crippen molar-refractivity contribution < 1.29 is 17.7 Å². The third-order valence-electron chi connectivity index (χ3n) is 28.1. The van der Waals surface area contributed by atoms with E-state index in [1.165, 1.54) is 32.6 Å². The van der Waals surface area contributed by atoms with Gasteiger partial charge in [-0.2, -0.15) is 0 Å². The standard InChI is InChI=1S/C64H38N4O2.C63H37N5O2/c1-4-15-39(16-5-1)54-36-55(40-17-6-2-7-18-40)66-64(65-54)43-19-14-22-45(31-43)68-57-29-27-41(32-48(57)50-35-52-47-24-11-13-26-60(47)69-62(52)38-59(50)68)42-28-30-61-51(33-42)53-34-49-46-23-10-12-25-56(46)67(44-20-8-3-9-21-44)58(49)37-63(53)70-61;1-4-14-38(15-5-1)61-64-62(39-16-6-2-7-17-39)66-63(65-61)40-24-28-44(29-25-40)68-54-30-26-41(32-47(54)49-35-51-46-21-11-13-23-57(46)69-59(51)37-56(49)68)42-27-31-58-50(33-42)52-34-48-45-20-10-12-22-53(45)67(43-18-8-3-9-19-43)55(48)36-60(52)70-58/h1-38H;1-37H. The van der Waals surface area contributed by atoms with Crippen LogP contribution in [-0.4, -0.2) is 43.2 Å². The number of hydrogen-bond acceptors (Lipinski definition) is 9. The Kier molecular flexibility index (Phi) is 17.5. The average molecular weight is 1790 g/mol. The lowest BCUT2D eigenvalue weighted by atomic mass is 10.00. The summed E-state index contributed by atoms with van der Waals surface area (Å²) in [5.74, 6) is 2.53. The van der Waals surface area contributed by atoms with Gasteiger partial charge in [0.05, 0.1) is 55.5 Å². The van der Waals surface area contributed by atoms with Crippen LogP contribution in [0, 0.1) is 0 Å². The van der Waals surface area contributed by atoms with Crippen LogP contribution in [0.4, 0.5) is 0 Å². The van der Waals surface area contributed by atoms with Crippen molar-refractivity contribution in [1.82, 2.24) is 43.2 Å². The minimum absolute atomic E-state index is 0.612. The molecule has 13 nitrogen and oxygen atoms in total. The first-order valence-electron chi connectivity index (χ1n) is 47.1. The number of furan rings is 4. The van der Waals surface area contributed by atoms with E-state index in [2.05, 4.69) is 352 Å². The maximum atomic E-state index is 6.65. The molecule has 652 valence electrons. The Bertz CT molecular complexity index is 10200. The molecule has 0 saturated carbocycles. The first kappa shape index (κ1) is 78.4. The van der Waals surface area contributed by atoms with Crippen molar-refractivity contribution in [2.45, 2.75) is 0 Å². The predicted octanol–water partition coefficient (Wildman–Crippen LogP) is 33.7. The molecule has 10 aromatic heterocycles. The topological polar surface area (TPSA) is 137 Å². The predicted molar refractivity (Wildman–Crippen MR) is 572 cm³/mol. The van der Waals surface area contributed by atoms with Crippen molar-refractivity contribution in [3.8, 4) is 113 Å². The fourth-order valence-corrected chi connectivity index (χ4v) is 21.5. The van der Waals surface area contributed by atoms with Crippen LogP contribution in [0.3, 0.4) is 0 Å². The zero-order valence-electron chi connectivity index (χ0n) is 75.0. The van der Waals surface area contributed by atoms with Gasteiger partial charge in [0.15, 0.2) is 23.3 Å². The molecule has 10 heterocycles. The minimum atomic E-state index is 0.612. The second-order valence-electron chi connectivity index (χ2n) is 36.1. The van der Waals surface area contributed by atoms with Gasteiger partial charge in [0.25, 0.3) is 0 Å². The molecule has 0 radical (unpaired) electrons. The van der Waals surface area contributed by atoms with Gasteiger partial charge in [0, 0.05) is 167 Å². The third kappa shape index (κ3) is 12.7. The highest BCUT2D eigenvalue weighted by molar-refractivity contribution is 6.23. The quantitative estimate of drug-likeness (QED) is 0.117. The summed E-state index contributed by atoms with van der Waals surface area (Å²) in [6, 6.07) is 160. The van der Waals surface area contributed by atoms with Crippen molar-refractivity contribution in [2.75, 3.05) is 0 Å². The summed E-state index contributed by atoms with van der Waals surface area (Å²) in [6.45, 7) is 0. The number of rotatable bonds is 12. The number of fused-ring (bicyclic) bond motifs is 24. The molecule has 0 amide bonds. The van der Waals surface area contributed by atoms with Gasteiger partial charge < -0.3 is 35.9 Å². The Morgan fingerprint density at radius 1 is 0.129 bits per heavy atom. The molecule has 0 spiro atoms. The van der Waals surface area contributed by atoms with Crippen LogP contribution in [0.25, 0.3) is 288 Å². The zero-order chi connectivity index (χ0) is 91.7. The van der Waals surface area contributed by atoms with Crippen LogP contribution in [0.15, 0.2) is 473 Å². The van der Waals surface area contributed by atoms with Gasteiger partial charge in [0.1, 0.15) is 44.7 Å². The van der Waals surface area contributed by atoms with Crippen molar-refractivity contribution in [3.63, 3.8) is 0 Å². The second kappa shape index (κ2) is 31.2. The lowest BCUT2D eigenvalue weighted by molar-refractivity contribution is 0.669. The van der Waals surface area contributed by atoms with Crippen LogP contribution < -0.4 is 0 Å². The fourth-order valence-electron chi connectivity index (χ4n) is 21.5. The maximum absolute atomic E-state index is 6.65. The molecule has 0 N–H and O–H groups in total. The van der Waals surface area contributed by atoms with Crippen molar-refractivity contribution in [3.05, 3.63) is 455 Å². The molecule has 30 rings (SSSR count). The van der Waals surface area contributed by atoms with Crippen LogP contribution in [0.5, 0.6) is 0 Å². The Morgan fingerprint density at radius 3 is 0.807 bits per heavy atom. The number of nitrogens with zero attached hydrogens (tertiary/aromatic N) is 9. The largest absolute Gasteiger partial charge is 0.456 e. The highest BCUT2D eigenvalue weighted by Crippen LogP contribution is 2.48. The van der Waals surface area contributed by atoms with Gasteiger partial charge in [-0.1, -0.05) is 267 Å².